The van der Waals surface area contributed by atoms with E-state index in [4.69, 9.17) is 0 Å². The third-order valence-electron chi connectivity index (χ3n) is 7.51. The minimum atomic E-state index is -4.00. The Bertz CT molecular complexity index is 1900. The van der Waals surface area contributed by atoms with Gasteiger partial charge < -0.3 is 4.57 Å². The molecule has 0 radical (unpaired) electrons. The van der Waals surface area contributed by atoms with Crippen LogP contribution in [0, 0.1) is 27.7 Å². The van der Waals surface area contributed by atoms with Crippen molar-refractivity contribution in [3.63, 3.8) is 0 Å². The first kappa shape index (κ1) is 29.5. The highest BCUT2D eigenvalue weighted by Gasteiger charge is 2.28. The van der Waals surface area contributed by atoms with Gasteiger partial charge in [0.2, 0.25) is 0 Å². The molecule has 0 saturated heterocycles. The summed E-state index contributed by atoms with van der Waals surface area (Å²) in [5, 5.41) is 4.26. The Morgan fingerprint density at radius 3 is 2.16 bits per heavy atom. The maximum atomic E-state index is 13.9. The topological polar surface area (TPSA) is 83.8 Å². The minimum absolute atomic E-state index is 0.0517. The van der Waals surface area contributed by atoms with Crippen molar-refractivity contribution < 1.29 is 13.2 Å². The third-order valence-corrected chi connectivity index (χ3v) is 9.28. The van der Waals surface area contributed by atoms with Gasteiger partial charge in [0.15, 0.2) is 0 Å². The summed E-state index contributed by atoms with van der Waals surface area (Å²) in [6.07, 6.45) is 1.61. The van der Waals surface area contributed by atoms with Crippen LogP contribution >= 0.6 is 0 Å². The number of carbonyl (C=O) groups is 1. The van der Waals surface area contributed by atoms with Crippen molar-refractivity contribution in [1.82, 2.24) is 9.99 Å². The molecule has 0 aliphatic carbocycles. The van der Waals surface area contributed by atoms with E-state index in [0.717, 1.165) is 28.2 Å². The van der Waals surface area contributed by atoms with Crippen LogP contribution in [-0.2, 0) is 16.6 Å². The lowest BCUT2D eigenvalue weighted by atomic mass is 10.1. The number of nitrogens with one attached hydrogen (secondary N) is 1. The average molecular weight is 591 g/mol. The Kier molecular flexibility index (Phi) is 8.59. The van der Waals surface area contributed by atoms with E-state index < -0.39 is 15.9 Å². The van der Waals surface area contributed by atoms with Crippen molar-refractivity contribution in [1.29, 1.82) is 0 Å². The van der Waals surface area contributed by atoms with Gasteiger partial charge in [0.1, 0.15) is 0 Å². The normalized spacial score (nSPS) is 11.5. The molecular formula is C35H34N4O3S. The van der Waals surface area contributed by atoms with Crippen LogP contribution in [0.3, 0.4) is 0 Å². The van der Waals surface area contributed by atoms with Gasteiger partial charge >= 0.3 is 0 Å². The Morgan fingerprint density at radius 1 is 0.814 bits per heavy atom. The first-order chi connectivity index (χ1) is 20.7. The molecule has 43 heavy (non-hydrogen) atoms. The Hall–Kier alpha value is -4.95. The average Bonchev–Trinajstić information content (AvgIpc) is 3.30. The van der Waals surface area contributed by atoms with Gasteiger partial charge in [-0.25, -0.2) is 13.8 Å². The third kappa shape index (κ3) is 6.29. The van der Waals surface area contributed by atoms with Crippen molar-refractivity contribution >= 4 is 27.8 Å². The van der Waals surface area contributed by atoms with Gasteiger partial charge in [-0.05, 0) is 86.8 Å². The van der Waals surface area contributed by atoms with E-state index >= 15 is 0 Å². The molecule has 5 aromatic rings. The Labute approximate surface area is 253 Å². The smallest absolute Gasteiger partial charge is 0.273 e. The largest absolute Gasteiger partial charge is 0.318 e. The van der Waals surface area contributed by atoms with E-state index in [1.165, 1.54) is 15.4 Å². The molecule has 1 amide bonds. The van der Waals surface area contributed by atoms with E-state index in [2.05, 4.69) is 47.1 Å². The standard InChI is InChI=1S/C35H34N4O3S/c1-25-19-20-31(21-26(25)2)39-27(3)22-30(28(39)4)23-36-37-35(40)33-17-11-12-18-34(33)38(24-29-13-7-5-8-14-29)43(41,42)32-15-9-6-10-16-32/h5-23H,24H2,1-4H3,(H,37,40)/b36-23+. The molecule has 0 fully saturated rings. The monoisotopic (exact) mass is 590 g/mol. The molecule has 0 aliphatic heterocycles. The SMILES string of the molecule is Cc1ccc(-n2c(C)cc(/C=N/NC(=O)c3ccccc3N(Cc3ccccc3)S(=O)(=O)c3ccccc3)c2C)cc1C. The summed E-state index contributed by atoms with van der Waals surface area (Å²) in [6.45, 7) is 8.27. The fraction of sp³-hybridized carbons (Fsp3) is 0.143. The van der Waals surface area contributed by atoms with Crippen LogP contribution in [0.15, 0.2) is 119 Å². The van der Waals surface area contributed by atoms with E-state index in [0.29, 0.717) is 0 Å². The summed E-state index contributed by atoms with van der Waals surface area (Å²) in [6, 6.07) is 32.5. The second-order valence-corrected chi connectivity index (χ2v) is 12.3. The molecule has 0 bridgehead atoms. The number of nitrogens with zero attached hydrogens (tertiary/aromatic N) is 3. The molecule has 0 aliphatic rings. The molecule has 0 atom stereocenters. The van der Waals surface area contributed by atoms with Crippen LogP contribution in [-0.4, -0.2) is 25.1 Å². The van der Waals surface area contributed by atoms with Gasteiger partial charge in [0, 0.05) is 22.6 Å². The first-order valence-corrected chi connectivity index (χ1v) is 15.4. The van der Waals surface area contributed by atoms with Gasteiger partial charge in [0.25, 0.3) is 15.9 Å². The summed E-state index contributed by atoms with van der Waals surface area (Å²) in [4.78, 5) is 13.6. The predicted molar refractivity (Wildman–Crippen MR) is 172 cm³/mol. The molecule has 1 aromatic heterocycles. The lowest BCUT2D eigenvalue weighted by Gasteiger charge is -2.26. The maximum absolute atomic E-state index is 13.9. The number of hydrogen-bond acceptors (Lipinski definition) is 4. The van der Waals surface area contributed by atoms with Crippen LogP contribution in [0.5, 0.6) is 0 Å². The fourth-order valence-corrected chi connectivity index (χ4v) is 6.55. The lowest BCUT2D eigenvalue weighted by Crippen LogP contribution is -2.33. The Balaban J connectivity index is 1.44. The first-order valence-electron chi connectivity index (χ1n) is 14.0. The van der Waals surface area contributed by atoms with E-state index in [1.54, 1.807) is 60.8 Å². The summed E-state index contributed by atoms with van der Waals surface area (Å²) < 4.78 is 31.2. The molecule has 0 spiro atoms. The molecule has 4 aromatic carbocycles. The highest BCUT2D eigenvalue weighted by molar-refractivity contribution is 7.92. The number of sulfonamides is 1. The zero-order chi connectivity index (χ0) is 30.6. The number of hydrazone groups is 1. The predicted octanol–water partition coefficient (Wildman–Crippen LogP) is 6.87. The lowest BCUT2D eigenvalue weighted by molar-refractivity contribution is 0.0955. The molecule has 1 heterocycles. The van der Waals surface area contributed by atoms with Crippen molar-refractivity contribution in [2.24, 2.45) is 5.10 Å². The van der Waals surface area contributed by atoms with Gasteiger partial charge in [0.05, 0.1) is 28.9 Å². The highest BCUT2D eigenvalue weighted by Crippen LogP contribution is 2.29. The molecule has 7 nitrogen and oxygen atoms in total. The molecule has 8 heteroatoms. The molecule has 5 rings (SSSR count). The number of aryl methyl sites for hydroxylation is 3. The van der Waals surface area contributed by atoms with E-state index in [9.17, 15) is 13.2 Å². The van der Waals surface area contributed by atoms with Gasteiger partial charge in [-0.1, -0.05) is 66.7 Å². The van der Waals surface area contributed by atoms with Crippen molar-refractivity contribution in [2.45, 2.75) is 39.1 Å². The molecule has 1 N–H and O–H groups in total. The van der Waals surface area contributed by atoms with E-state index in [1.807, 2.05) is 50.2 Å². The van der Waals surface area contributed by atoms with Crippen LogP contribution in [0.2, 0.25) is 0 Å². The van der Waals surface area contributed by atoms with E-state index in [-0.39, 0.29) is 22.7 Å². The second kappa shape index (κ2) is 12.5. The zero-order valence-electron chi connectivity index (χ0n) is 24.7. The molecule has 0 saturated carbocycles. The number of benzene rings is 4. The van der Waals surface area contributed by atoms with Crippen molar-refractivity contribution in [3.8, 4) is 5.69 Å². The van der Waals surface area contributed by atoms with Crippen LogP contribution in [0.4, 0.5) is 5.69 Å². The number of carbonyl (C=O) groups excluding carboxylic acids is 1. The second-order valence-electron chi connectivity index (χ2n) is 10.5. The van der Waals surface area contributed by atoms with Gasteiger partial charge in [-0.3, -0.25) is 9.10 Å². The number of rotatable bonds is 9. The number of para-hydroxylation sites is 1. The Morgan fingerprint density at radius 2 is 1.47 bits per heavy atom. The summed E-state index contributed by atoms with van der Waals surface area (Å²) in [5.74, 6) is -0.517. The van der Waals surface area contributed by atoms with Gasteiger partial charge in [-0.15, -0.1) is 0 Å². The maximum Gasteiger partial charge on any atom is 0.273 e. The molecule has 218 valence electrons. The number of aromatic nitrogens is 1. The fourth-order valence-electron chi connectivity index (χ4n) is 5.05. The van der Waals surface area contributed by atoms with Gasteiger partial charge in [-0.2, -0.15) is 5.10 Å². The highest BCUT2D eigenvalue weighted by atomic mass is 32.2. The van der Waals surface area contributed by atoms with Crippen molar-refractivity contribution in [3.05, 3.63) is 148 Å². The number of hydrogen-bond donors (Lipinski definition) is 1. The van der Waals surface area contributed by atoms with Crippen LogP contribution < -0.4 is 9.73 Å². The molecular weight excluding hydrogens is 556 g/mol. The summed E-state index contributed by atoms with van der Waals surface area (Å²) >= 11 is 0. The molecule has 0 unspecified atom stereocenters. The van der Waals surface area contributed by atoms with Crippen LogP contribution in [0.1, 0.15) is 44.0 Å². The summed E-state index contributed by atoms with van der Waals surface area (Å²) in [7, 11) is -4.00. The number of amides is 1. The summed E-state index contributed by atoms with van der Waals surface area (Å²) in [5.41, 5.74) is 10.2. The zero-order valence-corrected chi connectivity index (χ0v) is 25.5. The van der Waals surface area contributed by atoms with Crippen LogP contribution in [0.25, 0.3) is 5.69 Å². The quantitative estimate of drug-likeness (QED) is 0.150. The van der Waals surface area contributed by atoms with Crippen molar-refractivity contribution in [2.75, 3.05) is 4.31 Å². The number of anilines is 1. The minimum Gasteiger partial charge on any atom is -0.318 e.